The van der Waals surface area contributed by atoms with Gasteiger partial charge in [-0.05, 0) is 38.9 Å². The smallest absolute Gasteiger partial charge is 0.247 e. The topological polar surface area (TPSA) is 15.6 Å². The lowest BCUT2D eigenvalue weighted by Gasteiger charge is -2.36. The van der Waals surface area contributed by atoms with E-state index in [1.165, 1.54) is 50.3 Å². The second kappa shape index (κ2) is 9.02. The van der Waals surface area contributed by atoms with E-state index >= 15 is 0 Å². The molecule has 0 amide bonds. The van der Waals surface area contributed by atoms with Crippen LogP contribution in [0.25, 0.3) is 0 Å². The van der Waals surface area contributed by atoms with Crippen molar-refractivity contribution in [3.05, 3.63) is 10.6 Å². The third kappa shape index (κ3) is 5.34. The van der Waals surface area contributed by atoms with Gasteiger partial charge in [-0.15, -0.1) is 11.8 Å². The Morgan fingerprint density at radius 3 is 2.68 bits per heavy atom. The second-order valence-corrected chi connectivity index (χ2v) is 7.66. The Balaban J connectivity index is 1.87. The van der Waals surface area contributed by atoms with E-state index in [9.17, 15) is 8.78 Å². The molecule has 1 aliphatic heterocycles. The monoisotopic (exact) mass is 330 g/mol. The van der Waals surface area contributed by atoms with Gasteiger partial charge in [-0.1, -0.05) is 32.1 Å². The van der Waals surface area contributed by atoms with Crippen LogP contribution in [0.2, 0.25) is 0 Å². The first-order valence-electron chi connectivity index (χ1n) is 8.44. The summed E-state index contributed by atoms with van der Waals surface area (Å²) in [5.41, 5.74) is 0.910. The zero-order chi connectivity index (χ0) is 15.9. The second-order valence-electron chi connectivity index (χ2n) is 6.55. The van der Waals surface area contributed by atoms with Gasteiger partial charge in [0.25, 0.3) is 0 Å². The predicted octanol–water partition coefficient (Wildman–Crippen LogP) is 4.96. The van der Waals surface area contributed by atoms with Crippen molar-refractivity contribution in [1.82, 2.24) is 4.90 Å². The van der Waals surface area contributed by atoms with Crippen LogP contribution < -0.4 is 0 Å². The number of halogens is 2. The molecule has 0 N–H and O–H groups in total. The van der Waals surface area contributed by atoms with Crippen LogP contribution in [0.5, 0.6) is 0 Å². The van der Waals surface area contributed by atoms with Gasteiger partial charge in [-0.3, -0.25) is 9.89 Å². The van der Waals surface area contributed by atoms with Crippen LogP contribution in [0.4, 0.5) is 8.78 Å². The fraction of sp³-hybridized carbons (Fsp3) is 0.824. The van der Waals surface area contributed by atoms with Crippen molar-refractivity contribution in [3.63, 3.8) is 0 Å². The molecule has 2 rings (SSSR count). The van der Waals surface area contributed by atoms with Crippen molar-refractivity contribution in [2.75, 3.05) is 18.8 Å². The minimum atomic E-state index is -2.26. The summed E-state index contributed by atoms with van der Waals surface area (Å²) in [6, 6.07) is 0.411. The summed E-state index contributed by atoms with van der Waals surface area (Å²) in [4.78, 5) is 7.57. The number of nitrogens with zero attached hydrogens (tertiary/aromatic N) is 2. The Labute approximate surface area is 137 Å². The quantitative estimate of drug-likeness (QED) is 0.613. The average molecular weight is 330 g/mol. The molecule has 1 heterocycles. The lowest BCUT2D eigenvalue weighted by atomic mass is 9.86. The van der Waals surface area contributed by atoms with Crippen LogP contribution in [0.3, 0.4) is 0 Å². The highest BCUT2D eigenvalue weighted by Gasteiger charge is 2.26. The molecule has 1 aliphatic carbocycles. The molecule has 1 saturated carbocycles. The highest BCUT2D eigenvalue weighted by molar-refractivity contribution is 8.03. The Morgan fingerprint density at radius 1 is 1.32 bits per heavy atom. The largest absolute Gasteiger partial charge is 0.294 e. The lowest BCUT2D eigenvalue weighted by Crippen LogP contribution is -2.39. The SMILES string of the molecule is C=NC1=C(SCC(F)F)CC(C)N(CCC2CCCCC2)C1. The third-order valence-corrected chi connectivity index (χ3v) is 6.07. The van der Waals surface area contributed by atoms with Gasteiger partial charge < -0.3 is 0 Å². The van der Waals surface area contributed by atoms with Crippen molar-refractivity contribution in [3.8, 4) is 0 Å². The summed E-state index contributed by atoms with van der Waals surface area (Å²) in [6.45, 7) is 7.70. The van der Waals surface area contributed by atoms with E-state index in [1.54, 1.807) is 0 Å². The summed E-state index contributed by atoms with van der Waals surface area (Å²) in [5.74, 6) is 0.739. The van der Waals surface area contributed by atoms with Gasteiger partial charge in [0.15, 0.2) is 0 Å². The first-order valence-corrected chi connectivity index (χ1v) is 9.42. The van der Waals surface area contributed by atoms with Gasteiger partial charge in [0.2, 0.25) is 6.43 Å². The summed E-state index contributed by atoms with van der Waals surface area (Å²) in [7, 11) is 0. The molecule has 1 atom stereocenters. The van der Waals surface area contributed by atoms with E-state index < -0.39 is 6.43 Å². The molecular formula is C17H28F2N2S. The zero-order valence-corrected chi connectivity index (χ0v) is 14.4. The molecule has 0 bridgehead atoms. The van der Waals surface area contributed by atoms with E-state index in [0.29, 0.717) is 6.04 Å². The molecule has 22 heavy (non-hydrogen) atoms. The molecule has 5 heteroatoms. The summed E-state index contributed by atoms with van der Waals surface area (Å²) >= 11 is 1.26. The van der Waals surface area contributed by atoms with Crippen molar-refractivity contribution in [1.29, 1.82) is 0 Å². The van der Waals surface area contributed by atoms with Gasteiger partial charge in [0.1, 0.15) is 0 Å². The average Bonchev–Trinajstić information content (AvgIpc) is 2.52. The Morgan fingerprint density at radius 2 is 2.05 bits per heavy atom. The van der Waals surface area contributed by atoms with Gasteiger partial charge in [-0.25, -0.2) is 8.78 Å². The van der Waals surface area contributed by atoms with Gasteiger partial charge >= 0.3 is 0 Å². The number of hydrogen-bond acceptors (Lipinski definition) is 3. The minimum absolute atomic E-state index is 0.136. The highest BCUT2D eigenvalue weighted by atomic mass is 32.2. The van der Waals surface area contributed by atoms with Crippen LogP contribution in [0.1, 0.15) is 51.9 Å². The molecule has 0 saturated heterocycles. The van der Waals surface area contributed by atoms with Crippen molar-refractivity contribution in [2.45, 2.75) is 64.3 Å². The van der Waals surface area contributed by atoms with E-state index in [2.05, 4.69) is 23.5 Å². The number of hydrogen-bond donors (Lipinski definition) is 0. The molecule has 126 valence electrons. The maximum absolute atomic E-state index is 12.4. The lowest BCUT2D eigenvalue weighted by molar-refractivity contribution is 0.176. The molecule has 0 radical (unpaired) electrons. The molecule has 2 aliphatic rings. The number of thioether (sulfide) groups is 1. The molecule has 2 nitrogen and oxygen atoms in total. The minimum Gasteiger partial charge on any atom is -0.294 e. The molecule has 0 spiro atoms. The van der Waals surface area contributed by atoms with Crippen molar-refractivity contribution >= 4 is 18.5 Å². The molecule has 0 aromatic rings. The van der Waals surface area contributed by atoms with Crippen LogP contribution >= 0.6 is 11.8 Å². The number of alkyl halides is 2. The Kier molecular flexibility index (Phi) is 7.35. The summed E-state index contributed by atoms with van der Waals surface area (Å²) in [5, 5.41) is 0. The molecule has 0 aromatic carbocycles. The number of aliphatic imine (C=N–C) groups is 1. The van der Waals surface area contributed by atoms with Crippen molar-refractivity contribution in [2.24, 2.45) is 10.9 Å². The van der Waals surface area contributed by atoms with Gasteiger partial charge in [0.05, 0.1) is 11.4 Å². The predicted molar refractivity (Wildman–Crippen MR) is 91.9 cm³/mol. The Bertz CT molecular complexity index is 392. The first-order chi connectivity index (χ1) is 10.6. The number of rotatable bonds is 7. The van der Waals surface area contributed by atoms with Crippen LogP contribution in [0, 0.1) is 5.92 Å². The van der Waals surface area contributed by atoms with E-state index in [0.717, 1.165) is 36.0 Å². The van der Waals surface area contributed by atoms with Crippen LogP contribution in [0.15, 0.2) is 15.6 Å². The highest BCUT2D eigenvalue weighted by Crippen LogP contribution is 2.34. The van der Waals surface area contributed by atoms with Gasteiger partial charge in [0, 0.05) is 17.5 Å². The maximum atomic E-state index is 12.4. The van der Waals surface area contributed by atoms with Crippen LogP contribution in [-0.4, -0.2) is 42.9 Å². The zero-order valence-electron chi connectivity index (χ0n) is 13.6. The van der Waals surface area contributed by atoms with Gasteiger partial charge in [-0.2, -0.15) is 0 Å². The fourth-order valence-corrected chi connectivity index (χ4v) is 4.50. The molecule has 1 unspecified atom stereocenters. The van der Waals surface area contributed by atoms with E-state index in [-0.39, 0.29) is 5.75 Å². The van der Waals surface area contributed by atoms with E-state index in [4.69, 9.17) is 0 Å². The third-order valence-electron chi connectivity index (χ3n) is 4.90. The Hall–Kier alpha value is -0.420. The van der Waals surface area contributed by atoms with E-state index in [1.807, 2.05) is 0 Å². The fourth-order valence-electron chi connectivity index (χ4n) is 3.52. The van der Waals surface area contributed by atoms with Crippen molar-refractivity contribution < 1.29 is 8.78 Å². The summed E-state index contributed by atoms with van der Waals surface area (Å²) < 4.78 is 24.8. The maximum Gasteiger partial charge on any atom is 0.247 e. The molecule has 0 aromatic heterocycles. The standard InChI is InChI=1S/C17H28F2N2S/c1-13-10-16(22-12-17(18)19)15(20-2)11-21(13)9-8-14-6-4-3-5-7-14/h13-14,17H,2-12H2,1H3. The molecule has 1 fully saturated rings. The molecular weight excluding hydrogens is 302 g/mol. The first kappa shape index (κ1) is 17.9. The van der Waals surface area contributed by atoms with Crippen LogP contribution in [-0.2, 0) is 0 Å². The summed E-state index contributed by atoms with van der Waals surface area (Å²) in [6.07, 6.45) is 6.74. The normalized spacial score (nSPS) is 25.0.